The molecule has 2 N–H and O–H groups in total. The zero-order chi connectivity index (χ0) is 25.6. The van der Waals surface area contributed by atoms with Crippen molar-refractivity contribution in [2.45, 2.75) is 93.9 Å². The van der Waals surface area contributed by atoms with Crippen molar-refractivity contribution in [1.29, 1.82) is 0 Å². The molecule has 0 spiro atoms. The highest BCUT2D eigenvalue weighted by atomic mass is 32.2. The second-order valence-corrected chi connectivity index (χ2v) is 15.2. The normalized spacial score (nSPS) is 20.6. The fraction of sp³-hybridized carbons (Fsp3) is 0.667. The molecule has 0 aromatic carbocycles. The van der Waals surface area contributed by atoms with Crippen LogP contribution in [0.5, 0.6) is 0 Å². The van der Waals surface area contributed by atoms with Crippen molar-refractivity contribution >= 4 is 23.5 Å². The molecule has 0 amide bonds. The van der Waals surface area contributed by atoms with Crippen LogP contribution in [0.2, 0.25) is 0 Å². The number of allylic oxidation sites excluding steroid dienone is 8. The first-order chi connectivity index (χ1) is 15.6. The van der Waals surface area contributed by atoms with E-state index in [0.29, 0.717) is 0 Å². The van der Waals surface area contributed by atoms with Crippen molar-refractivity contribution in [3.8, 4) is 0 Å². The molecule has 0 aliphatic carbocycles. The number of aliphatic hydroxyl groups is 2. The maximum Gasteiger partial charge on any atom is 0.0482 e. The topological polar surface area (TPSA) is 40.5 Å². The molecule has 0 radical (unpaired) electrons. The zero-order valence-corrected chi connectivity index (χ0v) is 24.5. The van der Waals surface area contributed by atoms with Gasteiger partial charge in [-0.15, -0.1) is 0 Å². The molecule has 2 rings (SSSR count). The third-order valence-corrected chi connectivity index (χ3v) is 8.56. The van der Waals surface area contributed by atoms with E-state index in [-0.39, 0.29) is 34.9 Å². The minimum Gasteiger partial charge on any atom is -0.396 e. The average molecular weight is 505 g/mol. The maximum atomic E-state index is 9.54. The standard InChI is InChI=1S/C30H48O2S2/c1-27(2,21-31)15-9-11-23-17-29(5,6)19-25(33-23)13-14-26-20-30(7,8)18-24(34-26)12-10-16-28(3,4)22-32/h13-14,17-20,31-32H,9-12,15-16,21-22H2,1-8H3/b14-13+. The molecule has 0 aromatic rings. The van der Waals surface area contributed by atoms with Gasteiger partial charge in [0.2, 0.25) is 0 Å². The summed E-state index contributed by atoms with van der Waals surface area (Å²) in [6, 6.07) is 0. The van der Waals surface area contributed by atoms with Crippen molar-refractivity contribution in [1.82, 2.24) is 0 Å². The molecular weight excluding hydrogens is 456 g/mol. The highest BCUT2D eigenvalue weighted by molar-refractivity contribution is 8.07. The van der Waals surface area contributed by atoms with Gasteiger partial charge in [0.05, 0.1) is 0 Å². The molecule has 0 aromatic heterocycles. The molecule has 2 aliphatic rings. The first-order valence-corrected chi connectivity index (χ1v) is 14.4. The van der Waals surface area contributed by atoms with Crippen molar-refractivity contribution < 1.29 is 10.2 Å². The van der Waals surface area contributed by atoms with Crippen LogP contribution in [0.25, 0.3) is 0 Å². The van der Waals surface area contributed by atoms with Gasteiger partial charge < -0.3 is 10.2 Å². The second kappa shape index (κ2) is 12.0. The largest absolute Gasteiger partial charge is 0.396 e. The third kappa shape index (κ3) is 10.5. The molecule has 2 heterocycles. The lowest BCUT2D eigenvalue weighted by Gasteiger charge is -2.27. The molecule has 0 fully saturated rings. The molecule has 192 valence electrons. The first-order valence-electron chi connectivity index (χ1n) is 12.8. The van der Waals surface area contributed by atoms with Crippen LogP contribution in [0.15, 0.2) is 56.1 Å². The fourth-order valence-corrected chi connectivity index (χ4v) is 7.10. The summed E-state index contributed by atoms with van der Waals surface area (Å²) in [5.74, 6) is 0. The van der Waals surface area contributed by atoms with Crippen molar-refractivity contribution in [3.63, 3.8) is 0 Å². The van der Waals surface area contributed by atoms with Crippen LogP contribution in [0.1, 0.15) is 93.9 Å². The third-order valence-electron chi connectivity index (χ3n) is 6.41. The van der Waals surface area contributed by atoms with Gasteiger partial charge in [0.15, 0.2) is 0 Å². The van der Waals surface area contributed by atoms with E-state index in [1.165, 1.54) is 19.6 Å². The average Bonchev–Trinajstić information content (AvgIpc) is 2.70. The first kappa shape index (κ1) is 29.5. The van der Waals surface area contributed by atoms with Crippen molar-refractivity contribution in [3.05, 3.63) is 56.1 Å². The Balaban J connectivity index is 2.00. The van der Waals surface area contributed by atoms with Crippen LogP contribution in [0.4, 0.5) is 0 Å². The van der Waals surface area contributed by atoms with Crippen molar-refractivity contribution in [2.24, 2.45) is 21.7 Å². The van der Waals surface area contributed by atoms with Gasteiger partial charge in [-0.3, -0.25) is 0 Å². The predicted molar refractivity (Wildman–Crippen MR) is 154 cm³/mol. The predicted octanol–water partition coefficient (Wildman–Crippen LogP) is 9.00. The fourth-order valence-electron chi connectivity index (χ4n) is 4.28. The highest BCUT2D eigenvalue weighted by Gasteiger charge is 2.23. The molecular formula is C30H48O2S2. The highest BCUT2D eigenvalue weighted by Crippen LogP contribution is 2.44. The minimum absolute atomic E-state index is 0.00450. The Kier molecular flexibility index (Phi) is 10.5. The summed E-state index contributed by atoms with van der Waals surface area (Å²) in [5, 5.41) is 19.1. The van der Waals surface area contributed by atoms with E-state index in [1.807, 2.05) is 23.5 Å². The van der Waals surface area contributed by atoms with Crippen LogP contribution in [-0.4, -0.2) is 23.4 Å². The lowest BCUT2D eigenvalue weighted by molar-refractivity contribution is 0.148. The van der Waals surface area contributed by atoms with E-state index >= 15 is 0 Å². The van der Waals surface area contributed by atoms with E-state index < -0.39 is 0 Å². The van der Waals surface area contributed by atoms with E-state index in [1.54, 1.807) is 0 Å². The second-order valence-electron chi connectivity index (χ2n) is 12.8. The smallest absolute Gasteiger partial charge is 0.0482 e. The Morgan fingerprint density at radius 3 is 1.35 bits per heavy atom. The molecule has 2 nitrogen and oxygen atoms in total. The molecule has 0 atom stereocenters. The Bertz CT molecular complexity index is 781. The summed E-state index contributed by atoms with van der Waals surface area (Å²) < 4.78 is 0. The van der Waals surface area contributed by atoms with E-state index in [0.717, 1.165) is 38.5 Å². The van der Waals surface area contributed by atoms with Gasteiger partial charge in [-0.25, -0.2) is 0 Å². The summed E-state index contributed by atoms with van der Waals surface area (Å²) >= 11 is 3.80. The molecule has 2 aliphatic heterocycles. The summed E-state index contributed by atoms with van der Waals surface area (Å²) in [7, 11) is 0. The summed E-state index contributed by atoms with van der Waals surface area (Å²) in [5.41, 5.74) is 0.129. The summed E-state index contributed by atoms with van der Waals surface area (Å²) in [4.78, 5) is 5.53. The Morgan fingerprint density at radius 2 is 1.03 bits per heavy atom. The summed E-state index contributed by atoms with van der Waals surface area (Å²) in [6.45, 7) is 18.2. The number of hydrogen-bond donors (Lipinski definition) is 2. The Morgan fingerprint density at radius 1 is 0.676 bits per heavy atom. The molecule has 0 saturated carbocycles. The van der Waals surface area contributed by atoms with Gasteiger partial charge in [-0.1, -0.05) is 103 Å². The van der Waals surface area contributed by atoms with Gasteiger partial charge in [0, 0.05) is 33.9 Å². The SMILES string of the molecule is CC1(C)C=C(/C=C/C2=CC(C)(C)C=C(CCCC(C)(C)CO)S2)SC(CCCC(C)(C)CO)=C1. The lowest BCUT2D eigenvalue weighted by atomic mass is 9.87. The van der Waals surface area contributed by atoms with Crippen LogP contribution in [0.3, 0.4) is 0 Å². The van der Waals surface area contributed by atoms with Gasteiger partial charge in [0.1, 0.15) is 0 Å². The van der Waals surface area contributed by atoms with Crippen molar-refractivity contribution in [2.75, 3.05) is 13.2 Å². The van der Waals surface area contributed by atoms with E-state index in [9.17, 15) is 10.2 Å². The molecule has 0 saturated heterocycles. The van der Waals surface area contributed by atoms with Gasteiger partial charge >= 0.3 is 0 Å². The minimum atomic E-state index is 0.00450. The number of hydrogen-bond acceptors (Lipinski definition) is 4. The lowest BCUT2D eigenvalue weighted by Crippen LogP contribution is -2.16. The molecule has 0 unspecified atom stereocenters. The number of aliphatic hydroxyl groups excluding tert-OH is 2. The van der Waals surface area contributed by atoms with Crippen LogP contribution in [0, 0.1) is 21.7 Å². The number of thioether (sulfide) groups is 2. The van der Waals surface area contributed by atoms with Gasteiger partial charge in [-0.05, 0) is 71.3 Å². The van der Waals surface area contributed by atoms with Crippen LogP contribution >= 0.6 is 23.5 Å². The Labute approximate surface area is 218 Å². The van der Waals surface area contributed by atoms with Crippen LogP contribution in [-0.2, 0) is 0 Å². The van der Waals surface area contributed by atoms with Crippen LogP contribution < -0.4 is 0 Å². The maximum absolute atomic E-state index is 9.54. The molecule has 0 bridgehead atoms. The van der Waals surface area contributed by atoms with E-state index in [2.05, 4.69) is 91.8 Å². The zero-order valence-electron chi connectivity index (χ0n) is 22.8. The summed E-state index contributed by atoms with van der Waals surface area (Å²) in [6.07, 6.45) is 20.6. The number of rotatable bonds is 12. The molecule has 34 heavy (non-hydrogen) atoms. The quantitative estimate of drug-likeness (QED) is 0.278. The van der Waals surface area contributed by atoms with E-state index in [4.69, 9.17) is 0 Å². The molecule has 4 heteroatoms. The monoisotopic (exact) mass is 504 g/mol. The van der Waals surface area contributed by atoms with Gasteiger partial charge in [-0.2, -0.15) is 0 Å². The van der Waals surface area contributed by atoms with Gasteiger partial charge in [0.25, 0.3) is 0 Å². The Hall–Kier alpha value is -0.680.